The summed E-state index contributed by atoms with van der Waals surface area (Å²) in [6.07, 6.45) is 1.54. The Hall–Kier alpha value is -3.53. The second-order valence-corrected chi connectivity index (χ2v) is 5.79. The number of methoxy groups -OCH3 is 2. The maximum absolute atomic E-state index is 12.6. The number of esters is 1. The molecule has 0 amide bonds. The Morgan fingerprint density at radius 2 is 2.04 bits per heavy atom. The van der Waals surface area contributed by atoms with Crippen LogP contribution in [-0.4, -0.2) is 25.2 Å². The highest BCUT2D eigenvalue weighted by atomic mass is 16.5. The molecule has 1 aliphatic rings. The molecule has 132 valence electrons. The van der Waals surface area contributed by atoms with Crippen LogP contribution in [0.3, 0.4) is 0 Å². The number of carbonyl (C=O) groups excluding carboxylic acids is 1. The second kappa shape index (κ2) is 6.76. The standard InChI is InChI=1S/C19H17N3O4/c1-10-15(19(24)26-3)16(17-13(22-10)6-7-21-18(17)23)12-5-4-11(9-20)8-14(12)25-2/h4-8,16,22H,1-3H3,(H,21,23). The van der Waals surface area contributed by atoms with Gasteiger partial charge in [-0.1, -0.05) is 6.07 Å². The van der Waals surface area contributed by atoms with Gasteiger partial charge in [0.2, 0.25) is 0 Å². The topological polar surface area (TPSA) is 104 Å². The Morgan fingerprint density at radius 1 is 1.27 bits per heavy atom. The molecule has 0 aliphatic carbocycles. The molecule has 1 unspecified atom stereocenters. The van der Waals surface area contributed by atoms with E-state index in [1.807, 2.05) is 0 Å². The zero-order valence-corrected chi connectivity index (χ0v) is 14.5. The number of benzene rings is 1. The maximum atomic E-state index is 12.6. The van der Waals surface area contributed by atoms with Crippen molar-refractivity contribution in [2.24, 2.45) is 0 Å². The second-order valence-electron chi connectivity index (χ2n) is 5.79. The molecular formula is C19H17N3O4. The van der Waals surface area contributed by atoms with E-state index in [0.29, 0.717) is 39.4 Å². The lowest BCUT2D eigenvalue weighted by molar-refractivity contribution is -0.136. The molecule has 1 aromatic heterocycles. The zero-order valence-electron chi connectivity index (χ0n) is 14.5. The first-order valence-electron chi connectivity index (χ1n) is 7.87. The molecule has 7 heteroatoms. The minimum Gasteiger partial charge on any atom is -0.496 e. The van der Waals surface area contributed by atoms with Gasteiger partial charge in [0.15, 0.2) is 0 Å². The normalized spacial score (nSPS) is 15.5. The van der Waals surface area contributed by atoms with E-state index in [1.165, 1.54) is 20.4 Å². The van der Waals surface area contributed by atoms with Crippen LogP contribution in [0.2, 0.25) is 0 Å². The van der Waals surface area contributed by atoms with E-state index >= 15 is 0 Å². The van der Waals surface area contributed by atoms with Crippen molar-refractivity contribution in [1.29, 1.82) is 5.26 Å². The molecular weight excluding hydrogens is 334 g/mol. The molecule has 0 bridgehead atoms. The fourth-order valence-corrected chi connectivity index (χ4v) is 3.23. The number of hydrogen-bond donors (Lipinski definition) is 2. The Kier molecular flexibility index (Phi) is 4.50. The molecule has 1 atom stereocenters. The zero-order chi connectivity index (χ0) is 18.8. The number of H-pyrrole nitrogens is 1. The summed E-state index contributed by atoms with van der Waals surface area (Å²) in [5.41, 5.74) is 2.61. The van der Waals surface area contributed by atoms with E-state index in [4.69, 9.17) is 14.7 Å². The largest absolute Gasteiger partial charge is 0.496 e. The molecule has 0 radical (unpaired) electrons. The predicted molar refractivity (Wildman–Crippen MR) is 95.0 cm³/mol. The number of nitriles is 1. The summed E-state index contributed by atoms with van der Waals surface area (Å²) in [5, 5.41) is 12.2. The van der Waals surface area contributed by atoms with Crippen LogP contribution in [-0.2, 0) is 9.53 Å². The number of nitrogens with one attached hydrogen (secondary N) is 2. The van der Waals surface area contributed by atoms with Crippen molar-refractivity contribution >= 4 is 11.7 Å². The van der Waals surface area contributed by atoms with Crippen LogP contribution in [0.15, 0.2) is 46.5 Å². The van der Waals surface area contributed by atoms with Crippen LogP contribution in [0.4, 0.5) is 5.69 Å². The molecule has 1 aliphatic heterocycles. The average molecular weight is 351 g/mol. The smallest absolute Gasteiger partial charge is 0.336 e. The lowest BCUT2D eigenvalue weighted by Crippen LogP contribution is -2.29. The van der Waals surface area contributed by atoms with E-state index in [9.17, 15) is 9.59 Å². The fourth-order valence-electron chi connectivity index (χ4n) is 3.23. The van der Waals surface area contributed by atoms with Gasteiger partial charge < -0.3 is 19.8 Å². The molecule has 0 saturated heterocycles. The minimum atomic E-state index is -0.689. The fraction of sp³-hybridized carbons (Fsp3) is 0.211. The van der Waals surface area contributed by atoms with Crippen molar-refractivity contribution in [3.8, 4) is 11.8 Å². The van der Waals surface area contributed by atoms with E-state index < -0.39 is 11.9 Å². The van der Waals surface area contributed by atoms with Gasteiger partial charge in [0.25, 0.3) is 5.56 Å². The molecule has 26 heavy (non-hydrogen) atoms. The number of aromatic nitrogens is 1. The van der Waals surface area contributed by atoms with E-state index in [0.717, 1.165) is 0 Å². The van der Waals surface area contributed by atoms with Crippen molar-refractivity contribution in [2.75, 3.05) is 19.5 Å². The molecule has 2 N–H and O–H groups in total. The molecule has 2 aromatic rings. The number of pyridine rings is 1. The molecule has 1 aromatic carbocycles. The summed E-state index contributed by atoms with van der Waals surface area (Å²) in [4.78, 5) is 27.7. The SMILES string of the molecule is COC(=O)C1=C(C)Nc2cc[nH]c(=O)c2C1c1ccc(C#N)cc1OC. The molecule has 7 nitrogen and oxygen atoms in total. The van der Waals surface area contributed by atoms with E-state index in [-0.39, 0.29) is 5.56 Å². The summed E-state index contributed by atoms with van der Waals surface area (Å²) in [6, 6.07) is 8.69. The van der Waals surface area contributed by atoms with E-state index in [1.54, 1.807) is 31.2 Å². The average Bonchev–Trinajstić information content (AvgIpc) is 2.66. The Labute approximate surface area is 149 Å². The molecule has 0 fully saturated rings. The van der Waals surface area contributed by atoms with Crippen LogP contribution in [0.5, 0.6) is 5.75 Å². The van der Waals surface area contributed by atoms with Crippen LogP contribution in [0.1, 0.15) is 29.5 Å². The van der Waals surface area contributed by atoms with Crippen molar-refractivity contribution in [2.45, 2.75) is 12.8 Å². The number of ether oxygens (including phenoxy) is 2. The first kappa shape index (κ1) is 17.3. The van der Waals surface area contributed by atoms with Crippen LogP contribution in [0.25, 0.3) is 0 Å². The monoisotopic (exact) mass is 351 g/mol. The number of allylic oxidation sites excluding steroid dienone is 1. The molecule has 0 spiro atoms. The highest BCUT2D eigenvalue weighted by Gasteiger charge is 2.36. The van der Waals surface area contributed by atoms with Crippen molar-refractivity contribution in [1.82, 2.24) is 4.98 Å². The number of nitrogens with zero attached hydrogens (tertiary/aromatic N) is 1. The summed E-state index contributed by atoms with van der Waals surface area (Å²) in [6.45, 7) is 1.75. The van der Waals surface area contributed by atoms with Gasteiger partial charge in [-0.15, -0.1) is 0 Å². The van der Waals surface area contributed by atoms with Crippen LogP contribution < -0.4 is 15.6 Å². The van der Waals surface area contributed by atoms with Gasteiger partial charge >= 0.3 is 5.97 Å². The summed E-state index contributed by atoms with van der Waals surface area (Å²) in [7, 11) is 2.77. The van der Waals surface area contributed by atoms with Gasteiger partial charge in [0.1, 0.15) is 5.75 Å². The number of carbonyl (C=O) groups is 1. The highest BCUT2D eigenvalue weighted by Crippen LogP contribution is 2.43. The van der Waals surface area contributed by atoms with Crippen molar-refractivity contribution < 1.29 is 14.3 Å². The van der Waals surface area contributed by atoms with Crippen molar-refractivity contribution in [3.63, 3.8) is 0 Å². The Morgan fingerprint density at radius 3 is 2.69 bits per heavy atom. The summed E-state index contributed by atoms with van der Waals surface area (Å²) >= 11 is 0. The number of rotatable bonds is 3. The maximum Gasteiger partial charge on any atom is 0.336 e. The lowest BCUT2D eigenvalue weighted by Gasteiger charge is -2.29. The minimum absolute atomic E-state index is 0.319. The number of fused-ring (bicyclic) bond motifs is 1. The third-order valence-electron chi connectivity index (χ3n) is 4.38. The van der Waals surface area contributed by atoms with Gasteiger partial charge in [-0.25, -0.2) is 4.79 Å². The quantitative estimate of drug-likeness (QED) is 0.822. The lowest BCUT2D eigenvalue weighted by atomic mass is 9.80. The molecule has 0 saturated carbocycles. The van der Waals surface area contributed by atoms with Crippen molar-refractivity contribution in [3.05, 3.63) is 68.8 Å². The Balaban J connectivity index is 2.34. The first-order chi connectivity index (χ1) is 12.5. The highest BCUT2D eigenvalue weighted by molar-refractivity contribution is 5.94. The summed E-state index contributed by atoms with van der Waals surface area (Å²) < 4.78 is 10.4. The number of aromatic amines is 1. The van der Waals surface area contributed by atoms with Gasteiger partial charge in [-0.2, -0.15) is 5.26 Å². The number of anilines is 1. The number of hydrogen-bond acceptors (Lipinski definition) is 6. The predicted octanol–water partition coefficient (Wildman–Crippen LogP) is 2.26. The first-order valence-corrected chi connectivity index (χ1v) is 7.87. The van der Waals surface area contributed by atoms with Gasteiger partial charge in [-0.05, 0) is 25.1 Å². The molecule has 3 rings (SSSR count). The third-order valence-corrected chi connectivity index (χ3v) is 4.38. The van der Waals surface area contributed by atoms with Crippen LogP contribution in [0, 0.1) is 11.3 Å². The van der Waals surface area contributed by atoms with Gasteiger partial charge in [0, 0.05) is 23.1 Å². The third kappa shape index (κ3) is 2.71. The van der Waals surface area contributed by atoms with Crippen LogP contribution >= 0.6 is 0 Å². The van der Waals surface area contributed by atoms with Gasteiger partial charge in [0.05, 0.1) is 42.9 Å². The van der Waals surface area contributed by atoms with Gasteiger partial charge in [-0.3, -0.25) is 4.79 Å². The Bertz CT molecular complexity index is 1010. The molecule has 2 heterocycles. The van der Waals surface area contributed by atoms with E-state index in [2.05, 4.69) is 16.4 Å². The summed E-state index contributed by atoms with van der Waals surface area (Å²) in [5.74, 6) is -0.814.